The highest BCUT2D eigenvalue weighted by atomic mass is 16.6. The van der Waals surface area contributed by atoms with Gasteiger partial charge in [0.25, 0.3) is 0 Å². The fourth-order valence-electron chi connectivity index (χ4n) is 0.948. The Balaban J connectivity index is 2.31. The summed E-state index contributed by atoms with van der Waals surface area (Å²) >= 11 is 0. The zero-order valence-electron chi connectivity index (χ0n) is 5.12. The van der Waals surface area contributed by atoms with Crippen LogP contribution in [0.4, 0.5) is 0 Å². The molecule has 1 radical (unpaired) electrons. The highest BCUT2D eigenvalue weighted by molar-refractivity contribution is 4.66. The maximum atomic E-state index is 10.1. The van der Waals surface area contributed by atoms with Gasteiger partial charge in [-0.05, 0) is 0 Å². The smallest absolute Gasteiger partial charge is 0.215 e. The highest BCUT2D eigenvalue weighted by Crippen LogP contribution is 2.05. The minimum absolute atomic E-state index is 0.200. The van der Waals surface area contributed by atoms with Gasteiger partial charge in [0.1, 0.15) is 0 Å². The first-order chi connectivity index (χ1) is 4.30. The van der Waals surface area contributed by atoms with Crippen LogP contribution in [-0.2, 0) is 0 Å². The van der Waals surface area contributed by atoms with Crippen molar-refractivity contribution in [2.75, 3.05) is 13.1 Å². The Morgan fingerprint density at radius 1 is 1.44 bits per heavy atom. The summed E-state index contributed by atoms with van der Waals surface area (Å²) in [4.78, 5) is 9.92. The second-order valence-corrected chi connectivity index (χ2v) is 2.19. The molecule has 0 aromatic rings. The van der Waals surface area contributed by atoms with Crippen LogP contribution in [0.1, 0.15) is 12.8 Å². The molecule has 51 valence electrons. The lowest BCUT2D eigenvalue weighted by molar-refractivity contribution is -0.525. The summed E-state index contributed by atoms with van der Waals surface area (Å²) in [6.07, 6.45) is 1.26. The normalized spacial score (nSPS) is 21.8. The third kappa shape index (κ3) is 1.64. The number of rotatable bonds is 1. The highest BCUT2D eigenvalue weighted by Gasteiger charge is 2.22. The van der Waals surface area contributed by atoms with Crippen molar-refractivity contribution in [2.45, 2.75) is 18.9 Å². The van der Waals surface area contributed by atoms with Gasteiger partial charge in [-0.2, -0.15) is 0 Å². The van der Waals surface area contributed by atoms with Crippen LogP contribution >= 0.6 is 0 Å². The van der Waals surface area contributed by atoms with Crippen molar-refractivity contribution in [1.82, 2.24) is 5.32 Å². The maximum Gasteiger partial charge on any atom is 0.215 e. The second-order valence-electron chi connectivity index (χ2n) is 2.19. The molecule has 0 amide bonds. The van der Waals surface area contributed by atoms with Crippen LogP contribution < -0.4 is 5.32 Å². The molecule has 1 aliphatic rings. The zero-order chi connectivity index (χ0) is 6.69. The van der Waals surface area contributed by atoms with Crippen molar-refractivity contribution < 1.29 is 4.92 Å². The summed E-state index contributed by atoms with van der Waals surface area (Å²) < 4.78 is 0. The van der Waals surface area contributed by atoms with Crippen LogP contribution in [0.3, 0.4) is 0 Å². The van der Waals surface area contributed by atoms with Crippen LogP contribution in [0.25, 0.3) is 0 Å². The second kappa shape index (κ2) is 2.77. The molecule has 0 aromatic heterocycles. The SMILES string of the molecule is O=[N+]([O-])C1CC[N]CC1. The summed E-state index contributed by atoms with van der Waals surface area (Å²) in [5.41, 5.74) is 0. The lowest BCUT2D eigenvalue weighted by Crippen LogP contribution is -2.31. The predicted molar refractivity (Wildman–Crippen MR) is 31.9 cm³/mol. The van der Waals surface area contributed by atoms with Gasteiger partial charge in [-0.25, -0.2) is 5.32 Å². The summed E-state index contributed by atoms with van der Waals surface area (Å²) in [5.74, 6) is 0. The first kappa shape index (κ1) is 6.48. The molecular formula is C5H9N2O2. The molecule has 1 heterocycles. The van der Waals surface area contributed by atoms with Gasteiger partial charge < -0.3 is 0 Å². The van der Waals surface area contributed by atoms with Crippen molar-refractivity contribution in [3.8, 4) is 0 Å². The number of hydrogen-bond donors (Lipinski definition) is 0. The van der Waals surface area contributed by atoms with E-state index in [0.29, 0.717) is 25.9 Å². The first-order valence-corrected chi connectivity index (χ1v) is 3.07. The van der Waals surface area contributed by atoms with Crippen molar-refractivity contribution >= 4 is 0 Å². The van der Waals surface area contributed by atoms with Crippen LogP contribution in [0.15, 0.2) is 0 Å². The maximum absolute atomic E-state index is 10.1. The summed E-state index contributed by atoms with van der Waals surface area (Å²) in [5, 5.41) is 14.1. The van der Waals surface area contributed by atoms with Crippen molar-refractivity contribution in [3.63, 3.8) is 0 Å². The molecule has 0 aliphatic carbocycles. The molecular weight excluding hydrogens is 120 g/mol. The molecule has 1 aliphatic heterocycles. The van der Waals surface area contributed by atoms with Gasteiger partial charge >= 0.3 is 0 Å². The summed E-state index contributed by atoms with van der Waals surface area (Å²) in [6.45, 7) is 1.34. The van der Waals surface area contributed by atoms with Gasteiger partial charge in [-0.15, -0.1) is 0 Å². The van der Waals surface area contributed by atoms with E-state index in [1.807, 2.05) is 0 Å². The molecule has 1 fully saturated rings. The van der Waals surface area contributed by atoms with Crippen molar-refractivity contribution in [3.05, 3.63) is 10.1 Å². The van der Waals surface area contributed by atoms with E-state index in [4.69, 9.17) is 0 Å². The molecule has 9 heavy (non-hydrogen) atoms. The van der Waals surface area contributed by atoms with Gasteiger partial charge in [0, 0.05) is 30.9 Å². The molecule has 0 saturated carbocycles. The van der Waals surface area contributed by atoms with Gasteiger partial charge in [-0.3, -0.25) is 10.1 Å². The van der Waals surface area contributed by atoms with E-state index in [2.05, 4.69) is 5.32 Å². The Morgan fingerprint density at radius 2 is 2.00 bits per heavy atom. The molecule has 0 N–H and O–H groups in total. The number of piperidine rings is 1. The predicted octanol–water partition coefficient (Wildman–Crippen LogP) is 0.0299. The van der Waals surface area contributed by atoms with Crippen molar-refractivity contribution in [1.29, 1.82) is 0 Å². The Bertz CT molecular complexity index is 110. The minimum atomic E-state index is -0.317. The molecule has 1 rings (SSSR count). The van der Waals surface area contributed by atoms with E-state index in [9.17, 15) is 10.1 Å². The fourth-order valence-corrected chi connectivity index (χ4v) is 0.948. The van der Waals surface area contributed by atoms with Crippen LogP contribution in [0.5, 0.6) is 0 Å². The third-order valence-corrected chi connectivity index (χ3v) is 1.54. The van der Waals surface area contributed by atoms with E-state index in [1.54, 1.807) is 0 Å². The summed E-state index contributed by atoms with van der Waals surface area (Å²) in [6, 6.07) is -0.317. The number of nitrogens with zero attached hydrogens (tertiary/aromatic N) is 2. The van der Waals surface area contributed by atoms with Crippen molar-refractivity contribution in [2.24, 2.45) is 0 Å². The molecule has 0 unspecified atom stereocenters. The number of nitro groups is 1. The zero-order valence-corrected chi connectivity index (χ0v) is 5.12. The largest absolute Gasteiger partial charge is 0.264 e. The molecule has 0 bridgehead atoms. The topological polar surface area (TPSA) is 57.2 Å². The van der Waals surface area contributed by atoms with Gasteiger partial charge in [0.05, 0.1) is 0 Å². The average molecular weight is 129 g/mol. The standard InChI is InChI=1S/C5H9N2O2/c8-7(9)5-1-3-6-4-2-5/h5H,1-4H2. The molecule has 0 spiro atoms. The van der Waals surface area contributed by atoms with E-state index >= 15 is 0 Å². The van der Waals surface area contributed by atoms with Gasteiger partial charge in [-0.1, -0.05) is 0 Å². The Morgan fingerprint density at radius 3 is 2.33 bits per heavy atom. The molecule has 4 heteroatoms. The Kier molecular flexibility index (Phi) is 2.00. The molecule has 4 nitrogen and oxygen atoms in total. The average Bonchev–Trinajstić information content (AvgIpc) is 1.90. The molecule has 0 aromatic carbocycles. The van der Waals surface area contributed by atoms with Crippen LogP contribution in [-0.4, -0.2) is 24.1 Å². The van der Waals surface area contributed by atoms with Gasteiger partial charge in [0.15, 0.2) is 0 Å². The van der Waals surface area contributed by atoms with E-state index in [1.165, 1.54) is 0 Å². The van der Waals surface area contributed by atoms with E-state index < -0.39 is 0 Å². The first-order valence-electron chi connectivity index (χ1n) is 3.07. The van der Waals surface area contributed by atoms with Crippen LogP contribution in [0, 0.1) is 10.1 Å². The van der Waals surface area contributed by atoms with E-state index in [-0.39, 0.29) is 11.0 Å². The monoisotopic (exact) mass is 129 g/mol. The third-order valence-electron chi connectivity index (χ3n) is 1.54. The molecule has 1 saturated heterocycles. The summed E-state index contributed by atoms with van der Waals surface area (Å²) in [7, 11) is 0. The van der Waals surface area contributed by atoms with Crippen LogP contribution in [0.2, 0.25) is 0 Å². The Labute approximate surface area is 53.4 Å². The quantitative estimate of drug-likeness (QED) is 0.370. The lowest BCUT2D eigenvalue weighted by atomic mass is 10.1. The van der Waals surface area contributed by atoms with E-state index in [0.717, 1.165) is 0 Å². The minimum Gasteiger partial charge on any atom is -0.264 e. The Hall–Kier alpha value is -0.640. The fraction of sp³-hybridized carbons (Fsp3) is 1.00. The number of hydrogen-bond acceptors (Lipinski definition) is 2. The molecule has 0 atom stereocenters. The lowest BCUT2D eigenvalue weighted by Gasteiger charge is -2.13. The van der Waals surface area contributed by atoms with Gasteiger partial charge in [0.2, 0.25) is 6.04 Å².